The first-order valence-electron chi connectivity index (χ1n) is 6.58. The molecular weight excluding hydrogens is 272 g/mol. The number of nitrogens with zero attached hydrogens (tertiary/aromatic N) is 1. The minimum Gasteiger partial charge on any atom is -0.481 e. The van der Waals surface area contributed by atoms with Gasteiger partial charge in [-0.25, -0.2) is 4.98 Å². The van der Waals surface area contributed by atoms with Crippen LogP contribution < -0.4 is 10.5 Å². The van der Waals surface area contributed by atoms with Gasteiger partial charge >= 0.3 is 0 Å². The Hall–Kier alpha value is -1.58. The van der Waals surface area contributed by atoms with Crippen molar-refractivity contribution in [3.05, 3.63) is 58.2 Å². The molecule has 1 heterocycles. The lowest BCUT2D eigenvalue weighted by Crippen LogP contribution is -2.25. The second kappa shape index (κ2) is 6.73. The van der Waals surface area contributed by atoms with Crippen molar-refractivity contribution in [1.29, 1.82) is 0 Å². The minimum atomic E-state index is 0.0189. The predicted octanol–water partition coefficient (Wildman–Crippen LogP) is 3.16. The van der Waals surface area contributed by atoms with Gasteiger partial charge in [0.05, 0.1) is 7.11 Å². The SMILES string of the molecule is COc1ccc(CC(N)Cc2ccc(C)cc2Cl)cn1. The van der Waals surface area contributed by atoms with Crippen molar-refractivity contribution in [3.63, 3.8) is 0 Å². The van der Waals surface area contributed by atoms with Gasteiger partial charge in [0, 0.05) is 23.3 Å². The van der Waals surface area contributed by atoms with Gasteiger partial charge in [-0.15, -0.1) is 0 Å². The zero-order valence-corrected chi connectivity index (χ0v) is 12.5. The van der Waals surface area contributed by atoms with Gasteiger partial charge in [-0.05, 0) is 42.5 Å². The number of methoxy groups -OCH3 is 1. The molecule has 0 aliphatic carbocycles. The van der Waals surface area contributed by atoms with Crippen LogP contribution in [0.15, 0.2) is 36.5 Å². The van der Waals surface area contributed by atoms with E-state index in [4.69, 9.17) is 22.1 Å². The number of aromatic nitrogens is 1. The van der Waals surface area contributed by atoms with Crippen molar-refractivity contribution in [2.45, 2.75) is 25.8 Å². The highest BCUT2D eigenvalue weighted by atomic mass is 35.5. The van der Waals surface area contributed by atoms with E-state index in [9.17, 15) is 0 Å². The highest BCUT2D eigenvalue weighted by Crippen LogP contribution is 2.19. The fourth-order valence-corrected chi connectivity index (χ4v) is 2.44. The topological polar surface area (TPSA) is 48.1 Å². The summed E-state index contributed by atoms with van der Waals surface area (Å²) in [6.07, 6.45) is 3.32. The van der Waals surface area contributed by atoms with Gasteiger partial charge in [0.25, 0.3) is 0 Å². The number of nitrogens with two attached hydrogens (primary N) is 1. The number of ether oxygens (including phenoxy) is 1. The lowest BCUT2D eigenvalue weighted by Gasteiger charge is -2.13. The Morgan fingerprint density at radius 3 is 2.65 bits per heavy atom. The minimum absolute atomic E-state index is 0.0189. The number of aryl methyl sites for hydroxylation is 1. The van der Waals surface area contributed by atoms with Crippen LogP contribution in [0.3, 0.4) is 0 Å². The van der Waals surface area contributed by atoms with Crippen molar-refractivity contribution in [2.75, 3.05) is 7.11 Å². The van der Waals surface area contributed by atoms with Crippen LogP contribution in [-0.4, -0.2) is 18.1 Å². The molecular formula is C16H19ClN2O. The first kappa shape index (κ1) is 14.8. The molecule has 0 radical (unpaired) electrons. The molecule has 0 amide bonds. The Kier molecular flexibility index (Phi) is 4.99. The lowest BCUT2D eigenvalue weighted by molar-refractivity contribution is 0.397. The molecule has 0 saturated carbocycles. The van der Waals surface area contributed by atoms with Gasteiger partial charge in [0.2, 0.25) is 5.88 Å². The van der Waals surface area contributed by atoms with E-state index < -0.39 is 0 Å². The van der Waals surface area contributed by atoms with E-state index in [-0.39, 0.29) is 6.04 Å². The Balaban J connectivity index is 1.99. The van der Waals surface area contributed by atoms with Crippen LogP contribution in [0.1, 0.15) is 16.7 Å². The van der Waals surface area contributed by atoms with Gasteiger partial charge in [-0.3, -0.25) is 0 Å². The van der Waals surface area contributed by atoms with Crippen LogP contribution in [0.25, 0.3) is 0 Å². The second-order valence-corrected chi connectivity index (χ2v) is 5.38. The molecule has 2 aromatic rings. The molecule has 4 heteroatoms. The Morgan fingerprint density at radius 1 is 1.25 bits per heavy atom. The summed E-state index contributed by atoms with van der Waals surface area (Å²) in [5, 5.41) is 0.785. The summed E-state index contributed by atoms with van der Waals surface area (Å²) in [5.41, 5.74) is 9.54. The molecule has 0 aliphatic heterocycles. The van der Waals surface area contributed by atoms with Crippen molar-refractivity contribution in [1.82, 2.24) is 4.98 Å². The molecule has 1 aromatic carbocycles. The number of hydrogen-bond donors (Lipinski definition) is 1. The van der Waals surface area contributed by atoms with Crippen LogP contribution in [0.4, 0.5) is 0 Å². The number of rotatable bonds is 5. The van der Waals surface area contributed by atoms with Crippen molar-refractivity contribution < 1.29 is 4.74 Å². The fourth-order valence-electron chi connectivity index (χ4n) is 2.13. The standard InChI is InChI=1S/C16H19ClN2O/c1-11-3-5-13(15(17)7-11)9-14(18)8-12-4-6-16(20-2)19-10-12/h3-7,10,14H,8-9,18H2,1-2H3. The zero-order chi connectivity index (χ0) is 14.5. The zero-order valence-electron chi connectivity index (χ0n) is 11.8. The smallest absolute Gasteiger partial charge is 0.212 e. The molecule has 1 atom stereocenters. The third-order valence-corrected chi connectivity index (χ3v) is 3.55. The van der Waals surface area contributed by atoms with Gasteiger partial charge in [0.1, 0.15) is 0 Å². The normalized spacial score (nSPS) is 12.2. The first-order valence-corrected chi connectivity index (χ1v) is 6.96. The fraction of sp³-hybridized carbons (Fsp3) is 0.312. The van der Waals surface area contributed by atoms with Gasteiger partial charge in [0.15, 0.2) is 0 Å². The molecule has 0 bridgehead atoms. The highest BCUT2D eigenvalue weighted by Gasteiger charge is 2.09. The Labute approximate surface area is 124 Å². The van der Waals surface area contributed by atoms with Crippen LogP contribution in [0.2, 0.25) is 5.02 Å². The van der Waals surface area contributed by atoms with Crippen molar-refractivity contribution in [2.24, 2.45) is 5.73 Å². The quantitative estimate of drug-likeness (QED) is 0.920. The van der Waals surface area contributed by atoms with E-state index in [0.717, 1.165) is 34.6 Å². The Bertz CT molecular complexity index is 569. The molecule has 1 aromatic heterocycles. The molecule has 20 heavy (non-hydrogen) atoms. The van der Waals surface area contributed by atoms with Crippen LogP contribution in [-0.2, 0) is 12.8 Å². The van der Waals surface area contributed by atoms with E-state index in [1.165, 1.54) is 0 Å². The Morgan fingerprint density at radius 2 is 2.05 bits per heavy atom. The molecule has 0 fully saturated rings. The molecule has 0 saturated heterocycles. The summed E-state index contributed by atoms with van der Waals surface area (Å²) in [6, 6.07) is 9.93. The van der Waals surface area contributed by atoms with E-state index in [1.807, 2.05) is 31.2 Å². The van der Waals surface area contributed by atoms with E-state index in [0.29, 0.717) is 5.88 Å². The molecule has 3 nitrogen and oxygen atoms in total. The van der Waals surface area contributed by atoms with Crippen LogP contribution >= 0.6 is 11.6 Å². The van der Waals surface area contributed by atoms with Crippen LogP contribution in [0, 0.1) is 6.92 Å². The predicted molar refractivity (Wildman–Crippen MR) is 82.4 cm³/mol. The van der Waals surface area contributed by atoms with E-state index in [2.05, 4.69) is 11.1 Å². The summed E-state index contributed by atoms with van der Waals surface area (Å²) in [5.74, 6) is 0.615. The summed E-state index contributed by atoms with van der Waals surface area (Å²) in [7, 11) is 1.60. The third kappa shape index (κ3) is 3.95. The molecule has 0 spiro atoms. The first-order chi connectivity index (χ1) is 9.58. The van der Waals surface area contributed by atoms with Crippen LogP contribution in [0.5, 0.6) is 5.88 Å². The second-order valence-electron chi connectivity index (χ2n) is 4.97. The largest absolute Gasteiger partial charge is 0.481 e. The maximum Gasteiger partial charge on any atom is 0.212 e. The average Bonchev–Trinajstić information content (AvgIpc) is 2.43. The number of hydrogen-bond acceptors (Lipinski definition) is 3. The van der Waals surface area contributed by atoms with Crippen molar-refractivity contribution in [3.8, 4) is 5.88 Å². The maximum atomic E-state index is 6.23. The lowest BCUT2D eigenvalue weighted by atomic mass is 10.00. The molecule has 106 valence electrons. The maximum absolute atomic E-state index is 6.23. The summed E-state index contributed by atoms with van der Waals surface area (Å²) >= 11 is 6.23. The number of benzene rings is 1. The van der Waals surface area contributed by atoms with Crippen molar-refractivity contribution >= 4 is 11.6 Å². The summed E-state index contributed by atoms with van der Waals surface area (Å²) in [4.78, 5) is 4.18. The number of halogens is 1. The summed E-state index contributed by atoms with van der Waals surface area (Å²) < 4.78 is 5.04. The number of pyridine rings is 1. The molecule has 0 aliphatic rings. The average molecular weight is 291 g/mol. The van der Waals surface area contributed by atoms with E-state index in [1.54, 1.807) is 13.3 Å². The van der Waals surface area contributed by atoms with Gasteiger partial charge in [-0.2, -0.15) is 0 Å². The van der Waals surface area contributed by atoms with Gasteiger partial charge < -0.3 is 10.5 Å². The van der Waals surface area contributed by atoms with Gasteiger partial charge in [-0.1, -0.05) is 29.8 Å². The van der Waals surface area contributed by atoms with E-state index >= 15 is 0 Å². The highest BCUT2D eigenvalue weighted by molar-refractivity contribution is 6.31. The monoisotopic (exact) mass is 290 g/mol. The summed E-state index contributed by atoms with van der Waals surface area (Å²) in [6.45, 7) is 2.03. The third-order valence-electron chi connectivity index (χ3n) is 3.20. The molecule has 2 rings (SSSR count). The molecule has 1 unspecified atom stereocenters. The molecule has 2 N–H and O–H groups in total.